The summed E-state index contributed by atoms with van der Waals surface area (Å²) in [5.74, 6) is -0.191. The molecule has 1 aliphatic rings. The Morgan fingerprint density at radius 1 is 1.23 bits per heavy atom. The first-order chi connectivity index (χ1) is 14.6. The predicted octanol–water partition coefficient (Wildman–Crippen LogP) is 5.01. The highest BCUT2D eigenvalue weighted by Crippen LogP contribution is 2.29. The van der Waals surface area contributed by atoms with E-state index >= 15 is 0 Å². The summed E-state index contributed by atoms with van der Waals surface area (Å²) in [7, 11) is 0. The van der Waals surface area contributed by atoms with Gasteiger partial charge in [0.1, 0.15) is 0 Å². The van der Waals surface area contributed by atoms with Crippen LogP contribution in [0.25, 0.3) is 10.1 Å². The number of aryl methyl sites for hydroxylation is 1. The van der Waals surface area contributed by atoms with Crippen LogP contribution in [0.5, 0.6) is 0 Å². The highest BCUT2D eigenvalue weighted by atomic mass is 35.5. The summed E-state index contributed by atoms with van der Waals surface area (Å²) in [6.45, 7) is 4.43. The first-order valence-corrected chi connectivity index (χ1v) is 11.2. The van der Waals surface area contributed by atoms with Crippen LogP contribution in [0, 0.1) is 6.92 Å². The molecule has 1 aliphatic heterocycles. The fourth-order valence-corrected chi connectivity index (χ4v) is 4.98. The number of nitrogens with zero attached hydrogens (tertiary/aromatic N) is 2. The molecule has 0 aliphatic carbocycles. The van der Waals surface area contributed by atoms with Gasteiger partial charge in [0.25, 0.3) is 5.91 Å². The standard InChI is InChI=1S/C23H21ClN4OS/c1-14-8-21(23(29)26-19-4-2-16-11-25-7-6-15(16)9-19)27-28(14)12-17-13-30-22-5-3-18(24)10-20(17)22/h2-5,8-10,13,25H,6-7,11-12H2,1H3,(H,26,29). The van der Waals surface area contributed by atoms with E-state index in [9.17, 15) is 4.79 Å². The second-order valence-electron chi connectivity index (χ2n) is 7.59. The molecule has 2 N–H and O–H groups in total. The second-order valence-corrected chi connectivity index (χ2v) is 8.94. The van der Waals surface area contributed by atoms with Crippen molar-refractivity contribution in [3.8, 4) is 0 Å². The van der Waals surface area contributed by atoms with E-state index < -0.39 is 0 Å². The molecule has 0 atom stereocenters. The molecular formula is C23H21ClN4OS. The molecule has 0 saturated carbocycles. The Morgan fingerprint density at radius 2 is 2.13 bits per heavy atom. The van der Waals surface area contributed by atoms with Gasteiger partial charge in [-0.2, -0.15) is 5.10 Å². The van der Waals surface area contributed by atoms with Gasteiger partial charge in [0.2, 0.25) is 0 Å². The van der Waals surface area contributed by atoms with Crippen LogP contribution in [0.15, 0.2) is 47.8 Å². The van der Waals surface area contributed by atoms with E-state index in [1.807, 2.05) is 41.9 Å². The lowest BCUT2D eigenvalue weighted by molar-refractivity contribution is 0.102. The van der Waals surface area contributed by atoms with Gasteiger partial charge in [0.15, 0.2) is 5.69 Å². The van der Waals surface area contributed by atoms with Crippen molar-refractivity contribution in [1.29, 1.82) is 0 Å². The summed E-state index contributed by atoms with van der Waals surface area (Å²) in [5, 5.41) is 14.9. The van der Waals surface area contributed by atoms with Gasteiger partial charge in [-0.15, -0.1) is 11.3 Å². The summed E-state index contributed by atoms with van der Waals surface area (Å²) >= 11 is 7.86. The van der Waals surface area contributed by atoms with Crippen molar-refractivity contribution in [2.45, 2.75) is 26.4 Å². The van der Waals surface area contributed by atoms with Gasteiger partial charge in [-0.05, 0) is 83.7 Å². The molecule has 30 heavy (non-hydrogen) atoms. The van der Waals surface area contributed by atoms with Gasteiger partial charge in [0, 0.05) is 27.6 Å². The van der Waals surface area contributed by atoms with E-state index in [4.69, 9.17) is 11.6 Å². The fraction of sp³-hybridized carbons (Fsp3) is 0.217. The van der Waals surface area contributed by atoms with Gasteiger partial charge in [-0.3, -0.25) is 9.48 Å². The van der Waals surface area contributed by atoms with Crippen LogP contribution < -0.4 is 10.6 Å². The maximum atomic E-state index is 12.8. The van der Waals surface area contributed by atoms with E-state index in [1.54, 1.807) is 11.3 Å². The molecule has 1 amide bonds. The Bertz CT molecular complexity index is 1260. The van der Waals surface area contributed by atoms with Gasteiger partial charge >= 0.3 is 0 Å². The van der Waals surface area contributed by atoms with Crippen molar-refractivity contribution in [2.75, 3.05) is 11.9 Å². The largest absolute Gasteiger partial charge is 0.321 e. The Hall–Kier alpha value is -2.67. The number of nitrogens with one attached hydrogen (secondary N) is 2. The van der Waals surface area contributed by atoms with Crippen molar-refractivity contribution < 1.29 is 4.79 Å². The van der Waals surface area contributed by atoms with Crippen LogP contribution in [0.1, 0.15) is 32.9 Å². The van der Waals surface area contributed by atoms with Crippen LogP contribution in [0.4, 0.5) is 5.69 Å². The molecule has 3 heterocycles. The van der Waals surface area contributed by atoms with E-state index in [-0.39, 0.29) is 5.91 Å². The number of carbonyl (C=O) groups excluding carboxylic acids is 1. The summed E-state index contributed by atoms with van der Waals surface area (Å²) < 4.78 is 3.07. The number of thiophene rings is 1. The van der Waals surface area contributed by atoms with Crippen LogP contribution in [-0.2, 0) is 19.5 Å². The normalized spacial score (nSPS) is 13.4. The van der Waals surface area contributed by atoms with Crippen LogP contribution in [0.2, 0.25) is 5.02 Å². The van der Waals surface area contributed by atoms with Crippen molar-refractivity contribution in [3.05, 3.63) is 80.9 Å². The van der Waals surface area contributed by atoms with E-state index in [1.165, 1.54) is 15.8 Å². The Balaban J connectivity index is 1.35. The number of benzene rings is 2. The first kappa shape index (κ1) is 19.3. The third kappa shape index (κ3) is 3.74. The van der Waals surface area contributed by atoms with Crippen LogP contribution >= 0.6 is 22.9 Å². The third-order valence-electron chi connectivity index (χ3n) is 5.50. The Kier molecular flexibility index (Phi) is 5.06. The molecule has 0 spiro atoms. The number of amides is 1. The molecule has 4 aromatic rings. The summed E-state index contributed by atoms with van der Waals surface area (Å²) in [6, 6.07) is 13.9. The van der Waals surface area contributed by atoms with Crippen molar-refractivity contribution in [1.82, 2.24) is 15.1 Å². The minimum absolute atomic E-state index is 0.191. The van der Waals surface area contributed by atoms with Gasteiger partial charge in [0.05, 0.1) is 6.54 Å². The number of rotatable bonds is 4. The average Bonchev–Trinajstić information content (AvgIpc) is 3.31. The third-order valence-corrected chi connectivity index (χ3v) is 6.75. The Morgan fingerprint density at radius 3 is 3.03 bits per heavy atom. The number of hydrogen-bond donors (Lipinski definition) is 2. The smallest absolute Gasteiger partial charge is 0.276 e. The van der Waals surface area contributed by atoms with Gasteiger partial charge in [-0.1, -0.05) is 17.7 Å². The quantitative estimate of drug-likeness (QED) is 0.473. The van der Waals surface area contributed by atoms with Crippen molar-refractivity contribution in [2.24, 2.45) is 0 Å². The molecule has 5 nitrogen and oxygen atoms in total. The lowest BCUT2D eigenvalue weighted by atomic mass is 10.0. The van der Waals surface area contributed by atoms with Gasteiger partial charge < -0.3 is 10.6 Å². The molecule has 7 heteroatoms. The zero-order valence-electron chi connectivity index (χ0n) is 16.5. The topological polar surface area (TPSA) is 59.0 Å². The molecule has 2 aromatic heterocycles. The molecular weight excluding hydrogens is 416 g/mol. The van der Waals surface area contributed by atoms with E-state index in [2.05, 4.69) is 33.2 Å². The maximum Gasteiger partial charge on any atom is 0.276 e. The average molecular weight is 437 g/mol. The maximum absolute atomic E-state index is 12.8. The highest BCUT2D eigenvalue weighted by Gasteiger charge is 2.16. The number of fused-ring (bicyclic) bond motifs is 2. The molecule has 0 bridgehead atoms. The minimum Gasteiger partial charge on any atom is -0.321 e. The van der Waals surface area contributed by atoms with Crippen LogP contribution in [-0.4, -0.2) is 22.2 Å². The summed E-state index contributed by atoms with van der Waals surface area (Å²) in [4.78, 5) is 12.8. The lowest BCUT2D eigenvalue weighted by Gasteiger charge is -2.17. The molecule has 2 aromatic carbocycles. The number of anilines is 1. The molecule has 0 saturated heterocycles. The predicted molar refractivity (Wildman–Crippen MR) is 123 cm³/mol. The first-order valence-electron chi connectivity index (χ1n) is 9.91. The molecule has 0 fully saturated rings. The molecule has 0 radical (unpaired) electrons. The molecule has 152 valence electrons. The lowest BCUT2D eigenvalue weighted by Crippen LogP contribution is -2.23. The van der Waals surface area contributed by atoms with Crippen molar-refractivity contribution in [3.63, 3.8) is 0 Å². The molecule has 5 rings (SSSR count). The zero-order chi connectivity index (χ0) is 20.7. The minimum atomic E-state index is -0.191. The zero-order valence-corrected chi connectivity index (χ0v) is 18.1. The van der Waals surface area contributed by atoms with E-state index in [0.29, 0.717) is 12.2 Å². The Labute approximate surface area is 183 Å². The molecule has 0 unspecified atom stereocenters. The fourth-order valence-electron chi connectivity index (χ4n) is 3.87. The monoisotopic (exact) mass is 436 g/mol. The number of aromatic nitrogens is 2. The van der Waals surface area contributed by atoms with Crippen molar-refractivity contribution >= 4 is 44.6 Å². The highest BCUT2D eigenvalue weighted by molar-refractivity contribution is 7.17. The SMILES string of the molecule is Cc1cc(C(=O)Nc2ccc3c(c2)CCNC3)nn1Cc1csc2ccc(Cl)cc12. The van der Waals surface area contributed by atoms with Gasteiger partial charge in [-0.25, -0.2) is 0 Å². The van der Waals surface area contributed by atoms with Crippen LogP contribution in [0.3, 0.4) is 0 Å². The number of halogens is 1. The number of hydrogen-bond acceptors (Lipinski definition) is 4. The number of carbonyl (C=O) groups is 1. The summed E-state index contributed by atoms with van der Waals surface area (Å²) in [5.41, 5.74) is 5.91. The van der Waals surface area contributed by atoms with E-state index in [0.717, 1.165) is 46.9 Å². The summed E-state index contributed by atoms with van der Waals surface area (Å²) in [6.07, 6.45) is 0.978. The second kappa shape index (κ2) is 7.87.